The summed E-state index contributed by atoms with van der Waals surface area (Å²) in [5.41, 5.74) is 0.509. The van der Waals surface area contributed by atoms with Crippen molar-refractivity contribution in [2.45, 2.75) is 19.3 Å². The summed E-state index contributed by atoms with van der Waals surface area (Å²) in [6, 6.07) is 4.88. The number of nitriles is 1. The van der Waals surface area contributed by atoms with Gasteiger partial charge in [0.25, 0.3) is 0 Å². The van der Waals surface area contributed by atoms with E-state index in [9.17, 15) is 9.18 Å². The second kappa shape index (κ2) is 5.27. The molecule has 0 spiro atoms. The van der Waals surface area contributed by atoms with Crippen LogP contribution in [-0.2, 0) is 9.53 Å². The Morgan fingerprint density at radius 1 is 1.58 bits per heavy atom. The van der Waals surface area contributed by atoms with Crippen LogP contribution in [0.15, 0.2) is 12.1 Å². The molecule has 1 aliphatic rings. The minimum Gasteiger partial charge on any atom is -0.494 e. The third-order valence-electron chi connectivity index (χ3n) is 3.24. The van der Waals surface area contributed by atoms with E-state index in [1.54, 1.807) is 6.92 Å². The fourth-order valence-electron chi connectivity index (χ4n) is 2.21. The normalized spacial score (nSPS) is 20.5. The van der Waals surface area contributed by atoms with Crippen molar-refractivity contribution in [3.8, 4) is 11.8 Å². The Kier molecular flexibility index (Phi) is 3.70. The second-order valence-electron chi connectivity index (χ2n) is 4.36. The summed E-state index contributed by atoms with van der Waals surface area (Å²) in [4.78, 5) is 11.6. The van der Waals surface area contributed by atoms with Crippen LogP contribution in [0.3, 0.4) is 0 Å². The van der Waals surface area contributed by atoms with Gasteiger partial charge in [-0.25, -0.2) is 4.39 Å². The number of esters is 1. The standard InChI is InChI=1S/C14H14FNO3/c1-3-19-14(17)10-6-9(10)12-8(7-16)4-5-11(18-2)13(12)15/h4-5,9-10H,3,6H2,1-2H3. The zero-order valence-electron chi connectivity index (χ0n) is 10.8. The maximum absolute atomic E-state index is 14.2. The molecule has 4 nitrogen and oxygen atoms in total. The number of methoxy groups -OCH3 is 1. The van der Waals surface area contributed by atoms with Gasteiger partial charge >= 0.3 is 5.97 Å². The van der Waals surface area contributed by atoms with Crippen LogP contribution in [0.2, 0.25) is 0 Å². The Hall–Kier alpha value is -2.09. The molecule has 0 aliphatic heterocycles. The zero-order chi connectivity index (χ0) is 14.0. The van der Waals surface area contributed by atoms with Gasteiger partial charge < -0.3 is 9.47 Å². The Bertz CT molecular complexity index is 550. The van der Waals surface area contributed by atoms with E-state index in [1.165, 1.54) is 19.2 Å². The minimum atomic E-state index is -0.557. The molecule has 0 N–H and O–H groups in total. The van der Waals surface area contributed by atoms with Gasteiger partial charge in [-0.3, -0.25) is 4.79 Å². The van der Waals surface area contributed by atoms with Gasteiger partial charge in [0, 0.05) is 11.5 Å². The lowest BCUT2D eigenvalue weighted by molar-refractivity contribution is -0.144. The van der Waals surface area contributed by atoms with E-state index in [0.29, 0.717) is 13.0 Å². The Balaban J connectivity index is 2.31. The van der Waals surface area contributed by atoms with Crippen LogP contribution in [0, 0.1) is 23.1 Å². The summed E-state index contributed by atoms with van der Waals surface area (Å²) in [6.07, 6.45) is 0.512. The third-order valence-corrected chi connectivity index (χ3v) is 3.24. The van der Waals surface area contributed by atoms with E-state index < -0.39 is 5.82 Å². The van der Waals surface area contributed by atoms with Gasteiger partial charge in [-0.1, -0.05) is 0 Å². The average Bonchev–Trinajstić information content (AvgIpc) is 3.18. The predicted molar refractivity (Wildman–Crippen MR) is 65.1 cm³/mol. The molecule has 1 aromatic carbocycles. The Morgan fingerprint density at radius 3 is 2.89 bits per heavy atom. The van der Waals surface area contributed by atoms with E-state index in [4.69, 9.17) is 14.7 Å². The van der Waals surface area contributed by atoms with Gasteiger partial charge in [0.2, 0.25) is 0 Å². The molecular weight excluding hydrogens is 249 g/mol. The lowest BCUT2D eigenvalue weighted by Crippen LogP contribution is -2.08. The Labute approximate surface area is 110 Å². The van der Waals surface area contributed by atoms with Crippen molar-refractivity contribution in [3.63, 3.8) is 0 Å². The first-order valence-electron chi connectivity index (χ1n) is 6.07. The molecule has 2 rings (SSSR count). The van der Waals surface area contributed by atoms with Crippen molar-refractivity contribution >= 4 is 5.97 Å². The molecule has 0 radical (unpaired) electrons. The molecule has 1 aromatic rings. The van der Waals surface area contributed by atoms with Gasteiger partial charge in [-0.05, 0) is 25.5 Å². The highest BCUT2D eigenvalue weighted by Gasteiger charge is 2.48. The highest BCUT2D eigenvalue weighted by atomic mass is 19.1. The molecule has 5 heteroatoms. The van der Waals surface area contributed by atoms with Crippen LogP contribution in [0.25, 0.3) is 0 Å². The second-order valence-corrected chi connectivity index (χ2v) is 4.36. The van der Waals surface area contributed by atoms with Crippen molar-refractivity contribution in [1.82, 2.24) is 0 Å². The molecule has 0 saturated heterocycles. The lowest BCUT2D eigenvalue weighted by Gasteiger charge is -2.09. The lowest BCUT2D eigenvalue weighted by atomic mass is 10.0. The van der Waals surface area contributed by atoms with Crippen LogP contribution in [0.1, 0.15) is 30.4 Å². The third kappa shape index (κ3) is 2.39. The summed E-state index contributed by atoms with van der Waals surface area (Å²) in [7, 11) is 1.37. The van der Waals surface area contributed by atoms with Crippen molar-refractivity contribution in [3.05, 3.63) is 29.1 Å². The number of rotatable bonds is 4. The summed E-state index contributed by atoms with van der Waals surface area (Å²) in [5.74, 6) is -1.45. The first-order valence-corrected chi connectivity index (χ1v) is 6.07. The predicted octanol–water partition coefficient (Wildman–Crippen LogP) is 2.37. The van der Waals surface area contributed by atoms with Crippen LogP contribution in [0.5, 0.6) is 5.75 Å². The van der Waals surface area contributed by atoms with Crippen LogP contribution in [0.4, 0.5) is 4.39 Å². The number of benzene rings is 1. The van der Waals surface area contributed by atoms with E-state index in [0.717, 1.165) is 0 Å². The quantitative estimate of drug-likeness (QED) is 0.782. The molecule has 2 atom stereocenters. The molecule has 1 saturated carbocycles. The number of carbonyl (C=O) groups excluding carboxylic acids is 1. The number of nitrogens with zero attached hydrogens (tertiary/aromatic N) is 1. The van der Waals surface area contributed by atoms with Crippen LogP contribution < -0.4 is 4.74 Å². The summed E-state index contributed by atoms with van der Waals surface area (Å²) in [6.45, 7) is 2.02. The summed E-state index contributed by atoms with van der Waals surface area (Å²) in [5, 5.41) is 9.04. The van der Waals surface area contributed by atoms with E-state index >= 15 is 0 Å². The van der Waals surface area contributed by atoms with Gasteiger partial charge in [0.1, 0.15) is 0 Å². The van der Waals surface area contributed by atoms with Crippen LogP contribution in [-0.4, -0.2) is 19.7 Å². The topological polar surface area (TPSA) is 59.3 Å². The van der Waals surface area contributed by atoms with Crippen molar-refractivity contribution in [2.75, 3.05) is 13.7 Å². The fraction of sp³-hybridized carbons (Fsp3) is 0.429. The van der Waals surface area contributed by atoms with Crippen molar-refractivity contribution in [1.29, 1.82) is 5.26 Å². The van der Waals surface area contributed by atoms with E-state index in [-0.39, 0.29) is 34.7 Å². The molecule has 19 heavy (non-hydrogen) atoms. The number of halogens is 1. The SMILES string of the molecule is CCOC(=O)C1CC1c1c(C#N)ccc(OC)c1F. The number of hydrogen-bond donors (Lipinski definition) is 0. The monoisotopic (exact) mass is 263 g/mol. The Morgan fingerprint density at radius 2 is 2.32 bits per heavy atom. The molecular formula is C14H14FNO3. The molecule has 0 bridgehead atoms. The zero-order valence-corrected chi connectivity index (χ0v) is 10.8. The fourth-order valence-corrected chi connectivity index (χ4v) is 2.21. The molecule has 1 aliphatic carbocycles. The van der Waals surface area contributed by atoms with Gasteiger partial charge in [0.05, 0.1) is 31.3 Å². The average molecular weight is 263 g/mol. The summed E-state index contributed by atoms with van der Waals surface area (Å²) < 4.78 is 24.0. The van der Waals surface area contributed by atoms with Gasteiger partial charge in [-0.2, -0.15) is 5.26 Å². The van der Waals surface area contributed by atoms with Crippen molar-refractivity contribution < 1.29 is 18.7 Å². The molecule has 0 heterocycles. The first kappa shape index (κ1) is 13.3. The van der Waals surface area contributed by atoms with E-state index in [2.05, 4.69) is 0 Å². The van der Waals surface area contributed by atoms with Crippen molar-refractivity contribution in [2.24, 2.45) is 5.92 Å². The molecule has 1 fully saturated rings. The first-order chi connectivity index (χ1) is 9.13. The molecule has 0 aromatic heterocycles. The highest BCUT2D eigenvalue weighted by Crippen LogP contribution is 2.51. The summed E-state index contributed by atoms with van der Waals surface area (Å²) >= 11 is 0. The maximum Gasteiger partial charge on any atom is 0.309 e. The highest BCUT2D eigenvalue weighted by molar-refractivity contribution is 5.78. The maximum atomic E-state index is 14.2. The number of ether oxygens (including phenoxy) is 2. The number of carbonyl (C=O) groups is 1. The molecule has 0 amide bonds. The molecule has 100 valence electrons. The van der Waals surface area contributed by atoms with Gasteiger partial charge in [-0.15, -0.1) is 0 Å². The minimum absolute atomic E-state index is 0.0866. The smallest absolute Gasteiger partial charge is 0.309 e. The molecule has 2 unspecified atom stereocenters. The van der Waals surface area contributed by atoms with E-state index in [1.807, 2.05) is 6.07 Å². The van der Waals surface area contributed by atoms with Crippen LogP contribution >= 0.6 is 0 Å². The number of hydrogen-bond acceptors (Lipinski definition) is 4. The van der Waals surface area contributed by atoms with Gasteiger partial charge in [0.15, 0.2) is 11.6 Å². The largest absolute Gasteiger partial charge is 0.494 e.